The predicted octanol–water partition coefficient (Wildman–Crippen LogP) is 3.62. The minimum Gasteiger partial charge on any atom is -0.494 e. The molecule has 0 aliphatic carbocycles. The molecule has 1 unspecified atom stereocenters. The topological polar surface area (TPSA) is 57.7 Å². The van der Waals surface area contributed by atoms with Gasteiger partial charge in [0.2, 0.25) is 0 Å². The fourth-order valence-corrected chi connectivity index (χ4v) is 3.80. The number of aldehydes is 1. The summed E-state index contributed by atoms with van der Waals surface area (Å²) in [5.74, 6) is 1.90. The Labute approximate surface area is 180 Å². The van der Waals surface area contributed by atoms with E-state index in [1.165, 1.54) is 0 Å². The van der Waals surface area contributed by atoms with Crippen LogP contribution in [0.15, 0.2) is 42.6 Å². The maximum atomic E-state index is 11.8. The highest BCUT2D eigenvalue weighted by molar-refractivity contribution is 5.65. The fraction of sp³-hybridized carbons (Fsp3) is 0.500. The number of carbonyl (C=O) groups is 1. The summed E-state index contributed by atoms with van der Waals surface area (Å²) in [6.45, 7) is 9.30. The second-order valence-corrected chi connectivity index (χ2v) is 7.68. The Hall–Kier alpha value is -2.60. The SMILES string of the molecule is CCCCOc1ccc(CC(C=O)N2CCN(c3ncccc3NCC)CC2)cc1. The van der Waals surface area contributed by atoms with Gasteiger partial charge >= 0.3 is 0 Å². The molecule has 1 aromatic carbocycles. The maximum absolute atomic E-state index is 11.8. The molecule has 1 aromatic heterocycles. The molecule has 1 aliphatic rings. The van der Waals surface area contributed by atoms with Crippen LogP contribution in [-0.4, -0.2) is 61.5 Å². The minimum atomic E-state index is -0.101. The Morgan fingerprint density at radius 3 is 2.57 bits per heavy atom. The Bertz CT molecular complexity index is 773. The second kappa shape index (κ2) is 11.6. The number of piperazine rings is 1. The summed E-state index contributed by atoms with van der Waals surface area (Å²) in [6, 6.07) is 12.1. The van der Waals surface area contributed by atoms with Gasteiger partial charge in [-0.15, -0.1) is 0 Å². The first kappa shape index (κ1) is 22.1. The van der Waals surface area contributed by atoms with Crippen LogP contribution in [0.2, 0.25) is 0 Å². The van der Waals surface area contributed by atoms with Gasteiger partial charge in [-0.25, -0.2) is 4.98 Å². The van der Waals surface area contributed by atoms with E-state index in [9.17, 15) is 4.79 Å². The van der Waals surface area contributed by atoms with Crippen LogP contribution < -0.4 is 15.0 Å². The van der Waals surface area contributed by atoms with Gasteiger partial charge in [0.1, 0.15) is 12.0 Å². The molecule has 6 heteroatoms. The van der Waals surface area contributed by atoms with Crippen LogP contribution in [0.4, 0.5) is 11.5 Å². The quantitative estimate of drug-likeness (QED) is 0.451. The van der Waals surface area contributed by atoms with E-state index >= 15 is 0 Å². The number of benzene rings is 1. The number of rotatable bonds is 11. The Kier molecular flexibility index (Phi) is 8.51. The van der Waals surface area contributed by atoms with E-state index in [1.54, 1.807) is 0 Å². The maximum Gasteiger partial charge on any atom is 0.152 e. The summed E-state index contributed by atoms with van der Waals surface area (Å²) in [4.78, 5) is 21.0. The molecule has 162 valence electrons. The van der Waals surface area contributed by atoms with Crippen molar-refractivity contribution >= 4 is 17.8 Å². The highest BCUT2D eigenvalue weighted by Crippen LogP contribution is 2.24. The van der Waals surface area contributed by atoms with Crippen molar-refractivity contribution in [2.75, 3.05) is 49.5 Å². The van der Waals surface area contributed by atoms with E-state index in [4.69, 9.17) is 4.74 Å². The fourth-order valence-electron chi connectivity index (χ4n) is 3.80. The van der Waals surface area contributed by atoms with Crippen molar-refractivity contribution in [1.82, 2.24) is 9.88 Å². The zero-order valence-electron chi connectivity index (χ0n) is 18.2. The van der Waals surface area contributed by atoms with Gasteiger partial charge in [0, 0.05) is 38.9 Å². The average molecular weight is 411 g/mol. The summed E-state index contributed by atoms with van der Waals surface area (Å²) >= 11 is 0. The number of pyridine rings is 1. The third-order valence-electron chi connectivity index (χ3n) is 5.53. The predicted molar refractivity (Wildman–Crippen MR) is 123 cm³/mol. The van der Waals surface area contributed by atoms with Crippen LogP contribution in [0, 0.1) is 0 Å². The van der Waals surface area contributed by atoms with Gasteiger partial charge in [0.05, 0.1) is 18.3 Å². The summed E-state index contributed by atoms with van der Waals surface area (Å²) in [7, 11) is 0. The number of ether oxygens (including phenoxy) is 1. The van der Waals surface area contributed by atoms with Crippen molar-refractivity contribution < 1.29 is 9.53 Å². The average Bonchev–Trinajstić information content (AvgIpc) is 2.79. The molecular weight excluding hydrogens is 376 g/mol. The zero-order chi connectivity index (χ0) is 21.2. The molecular formula is C24H34N4O2. The minimum absolute atomic E-state index is 0.101. The van der Waals surface area contributed by atoms with Crippen LogP contribution in [0.3, 0.4) is 0 Å². The molecule has 1 fully saturated rings. The van der Waals surface area contributed by atoms with E-state index < -0.39 is 0 Å². The first-order chi connectivity index (χ1) is 14.7. The number of unbranched alkanes of at least 4 members (excludes halogenated alkanes) is 1. The monoisotopic (exact) mass is 410 g/mol. The highest BCUT2D eigenvalue weighted by atomic mass is 16.5. The van der Waals surface area contributed by atoms with Gasteiger partial charge in [-0.2, -0.15) is 0 Å². The summed E-state index contributed by atoms with van der Waals surface area (Å²) in [5.41, 5.74) is 2.23. The first-order valence-electron chi connectivity index (χ1n) is 11.1. The number of aromatic nitrogens is 1. The highest BCUT2D eigenvalue weighted by Gasteiger charge is 2.25. The molecule has 2 aromatic rings. The van der Waals surface area contributed by atoms with E-state index in [0.717, 1.165) is 87.7 Å². The van der Waals surface area contributed by atoms with Gasteiger partial charge in [-0.05, 0) is 49.6 Å². The van der Waals surface area contributed by atoms with E-state index in [1.807, 2.05) is 24.4 Å². The smallest absolute Gasteiger partial charge is 0.152 e. The molecule has 30 heavy (non-hydrogen) atoms. The molecule has 0 amide bonds. The van der Waals surface area contributed by atoms with Crippen molar-refractivity contribution in [1.29, 1.82) is 0 Å². The second-order valence-electron chi connectivity index (χ2n) is 7.68. The lowest BCUT2D eigenvalue weighted by Crippen LogP contribution is -2.51. The van der Waals surface area contributed by atoms with E-state index in [0.29, 0.717) is 0 Å². The number of hydrogen-bond donors (Lipinski definition) is 1. The normalized spacial score (nSPS) is 15.6. The van der Waals surface area contributed by atoms with E-state index in [2.05, 4.69) is 52.1 Å². The number of anilines is 2. The van der Waals surface area contributed by atoms with Crippen molar-refractivity contribution in [3.63, 3.8) is 0 Å². The number of carbonyl (C=O) groups excluding carboxylic acids is 1. The lowest BCUT2D eigenvalue weighted by molar-refractivity contribution is -0.112. The summed E-state index contributed by atoms with van der Waals surface area (Å²) in [5, 5.41) is 3.39. The van der Waals surface area contributed by atoms with Crippen LogP contribution in [0.1, 0.15) is 32.3 Å². The third kappa shape index (κ3) is 5.95. The molecule has 6 nitrogen and oxygen atoms in total. The zero-order valence-corrected chi connectivity index (χ0v) is 18.2. The third-order valence-corrected chi connectivity index (χ3v) is 5.53. The molecule has 0 saturated carbocycles. The Morgan fingerprint density at radius 2 is 1.90 bits per heavy atom. The van der Waals surface area contributed by atoms with Gasteiger partial charge in [-0.1, -0.05) is 25.5 Å². The van der Waals surface area contributed by atoms with Gasteiger partial charge < -0.3 is 19.7 Å². The largest absolute Gasteiger partial charge is 0.494 e. The van der Waals surface area contributed by atoms with Crippen LogP contribution >= 0.6 is 0 Å². The van der Waals surface area contributed by atoms with Crippen molar-refractivity contribution in [3.8, 4) is 5.75 Å². The van der Waals surface area contributed by atoms with Gasteiger partial charge in [0.15, 0.2) is 5.82 Å². The summed E-state index contributed by atoms with van der Waals surface area (Å²) in [6.07, 6.45) is 5.85. The van der Waals surface area contributed by atoms with Crippen LogP contribution in [0.25, 0.3) is 0 Å². The van der Waals surface area contributed by atoms with Gasteiger partial charge in [-0.3, -0.25) is 4.90 Å². The molecule has 1 aliphatic heterocycles. The molecule has 0 bridgehead atoms. The Balaban J connectivity index is 1.54. The number of nitrogens with zero attached hydrogens (tertiary/aromatic N) is 3. The van der Waals surface area contributed by atoms with Crippen molar-refractivity contribution in [3.05, 3.63) is 48.2 Å². The molecule has 1 N–H and O–H groups in total. The molecule has 0 spiro atoms. The summed E-state index contributed by atoms with van der Waals surface area (Å²) < 4.78 is 5.73. The van der Waals surface area contributed by atoms with Crippen LogP contribution in [-0.2, 0) is 11.2 Å². The lowest BCUT2D eigenvalue weighted by atomic mass is 10.0. The van der Waals surface area contributed by atoms with E-state index in [-0.39, 0.29) is 6.04 Å². The van der Waals surface area contributed by atoms with Crippen LogP contribution in [0.5, 0.6) is 5.75 Å². The number of hydrogen-bond acceptors (Lipinski definition) is 6. The lowest BCUT2D eigenvalue weighted by Gasteiger charge is -2.38. The molecule has 0 radical (unpaired) electrons. The standard InChI is InChI=1S/C24H34N4O2/c1-3-5-17-30-22-10-8-20(9-11-22)18-21(19-29)27-13-15-28(16-14-27)24-23(25-4-2)7-6-12-26-24/h6-12,19,21,25H,3-5,13-18H2,1-2H3. The first-order valence-corrected chi connectivity index (χ1v) is 11.1. The molecule has 1 atom stereocenters. The van der Waals surface area contributed by atoms with Crippen molar-refractivity contribution in [2.24, 2.45) is 0 Å². The van der Waals surface area contributed by atoms with Gasteiger partial charge in [0.25, 0.3) is 0 Å². The molecule has 3 rings (SSSR count). The van der Waals surface area contributed by atoms with Crippen molar-refractivity contribution in [2.45, 2.75) is 39.2 Å². The number of nitrogens with one attached hydrogen (secondary N) is 1. The molecule has 1 saturated heterocycles. The Morgan fingerprint density at radius 1 is 1.13 bits per heavy atom. The molecule has 2 heterocycles.